The number of ether oxygens (including phenoxy) is 2. The molecule has 1 heterocycles. The summed E-state index contributed by atoms with van der Waals surface area (Å²) in [7, 11) is 0. The second-order valence-electron chi connectivity index (χ2n) is 2.75. The summed E-state index contributed by atoms with van der Waals surface area (Å²) in [4.78, 5) is 11.1. The van der Waals surface area contributed by atoms with Gasteiger partial charge in [-0.1, -0.05) is 18.2 Å². The van der Waals surface area contributed by atoms with E-state index in [1.54, 1.807) is 6.07 Å². The predicted molar refractivity (Wildman–Crippen MR) is 46.0 cm³/mol. The largest absolute Gasteiger partial charge is 0.450 e. The number of benzene rings is 1. The lowest BCUT2D eigenvalue weighted by molar-refractivity contribution is -0.131. The monoisotopic (exact) mass is 176 g/mol. The molecule has 0 aliphatic carbocycles. The summed E-state index contributed by atoms with van der Waals surface area (Å²) in [6.07, 6.45) is 1.36. The van der Waals surface area contributed by atoms with E-state index in [4.69, 9.17) is 4.74 Å². The Hall–Kier alpha value is -1.77. The number of carbonyl (C=O) groups excluding carboxylic acids is 1. The molecule has 0 unspecified atom stereocenters. The third-order valence-electron chi connectivity index (χ3n) is 1.73. The molecule has 0 radical (unpaired) electrons. The third kappa shape index (κ3) is 1.69. The highest BCUT2D eigenvalue weighted by Gasteiger charge is 2.23. The first kappa shape index (κ1) is 7.86. The van der Waals surface area contributed by atoms with Crippen LogP contribution in [0.5, 0.6) is 5.75 Å². The van der Waals surface area contributed by atoms with E-state index in [9.17, 15) is 4.79 Å². The molecule has 3 heteroatoms. The van der Waals surface area contributed by atoms with E-state index in [1.807, 2.05) is 25.1 Å². The van der Waals surface area contributed by atoms with Gasteiger partial charge in [-0.05, 0) is 18.6 Å². The zero-order valence-corrected chi connectivity index (χ0v) is 7.11. The molecule has 1 aliphatic heterocycles. The van der Waals surface area contributed by atoms with Crippen molar-refractivity contribution in [3.05, 3.63) is 41.9 Å². The maximum atomic E-state index is 11.1. The van der Waals surface area contributed by atoms with Crippen molar-refractivity contribution in [1.29, 1.82) is 0 Å². The fraction of sp³-hybridized carbons (Fsp3) is 0.100. The van der Waals surface area contributed by atoms with Gasteiger partial charge >= 0.3 is 5.97 Å². The Balaban J connectivity index is 2.13. The number of aryl methyl sites for hydroxylation is 1. The van der Waals surface area contributed by atoms with Crippen LogP contribution in [0.4, 0.5) is 0 Å². The minimum absolute atomic E-state index is 0.281. The number of hydrogen-bond donors (Lipinski definition) is 0. The van der Waals surface area contributed by atoms with Crippen molar-refractivity contribution in [2.75, 3.05) is 0 Å². The Labute approximate surface area is 75.6 Å². The molecule has 2 rings (SSSR count). The van der Waals surface area contributed by atoms with Gasteiger partial charge in [-0.15, -0.1) is 0 Å². The van der Waals surface area contributed by atoms with Crippen molar-refractivity contribution in [2.24, 2.45) is 0 Å². The van der Waals surface area contributed by atoms with Crippen molar-refractivity contribution in [3.8, 4) is 5.75 Å². The van der Waals surface area contributed by atoms with Gasteiger partial charge in [0.25, 0.3) is 0 Å². The van der Waals surface area contributed by atoms with E-state index in [1.165, 1.54) is 6.26 Å². The van der Waals surface area contributed by atoms with Gasteiger partial charge < -0.3 is 9.47 Å². The predicted octanol–water partition coefficient (Wildman–Crippen LogP) is 1.77. The molecule has 1 aromatic rings. The molecule has 0 saturated carbocycles. The van der Waals surface area contributed by atoms with Crippen molar-refractivity contribution < 1.29 is 14.3 Å². The molecule has 0 aromatic heterocycles. The second-order valence-corrected chi connectivity index (χ2v) is 2.75. The molecular formula is C10H8O3. The number of carbonyl (C=O) groups is 1. The van der Waals surface area contributed by atoms with Crippen molar-refractivity contribution >= 4 is 5.97 Å². The van der Waals surface area contributed by atoms with Gasteiger partial charge in [0, 0.05) is 0 Å². The summed E-state index contributed by atoms with van der Waals surface area (Å²) in [6.45, 7) is 1.88. The SMILES string of the molecule is Cc1ccccc1OC(=O)C1=CO1. The number of esters is 1. The van der Waals surface area contributed by atoms with Crippen LogP contribution in [0.3, 0.4) is 0 Å². The Morgan fingerprint density at radius 2 is 2.08 bits per heavy atom. The van der Waals surface area contributed by atoms with Gasteiger partial charge in [0.2, 0.25) is 5.76 Å². The average molecular weight is 176 g/mol. The molecule has 0 fully saturated rings. The van der Waals surface area contributed by atoms with E-state index in [2.05, 4.69) is 4.74 Å². The fourth-order valence-electron chi connectivity index (χ4n) is 0.947. The summed E-state index contributed by atoms with van der Waals surface area (Å²) in [6, 6.07) is 7.33. The average Bonchev–Trinajstić information content (AvgIpc) is 2.91. The molecule has 1 aliphatic rings. The molecule has 1 aromatic carbocycles. The number of hydrogen-bond acceptors (Lipinski definition) is 3. The molecule has 3 nitrogen and oxygen atoms in total. The van der Waals surface area contributed by atoms with Crippen LogP contribution in [0.25, 0.3) is 0 Å². The quantitative estimate of drug-likeness (QED) is 0.509. The van der Waals surface area contributed by atoms with Gasteiger partial charge in [-0.25, -0.2) is 4.79 Å². The summed E-state index contributed by atoms with van der Waals surface area (Å²) in [5.74, 6) is 0.418. The maximum absolute atomic E-state index is 11.1. The topological polar surface area (TPSA) is 38.8 Å². The van der Waals surface area contributed by atoms with E-state index < -0.39 is 5.97 Å². The first-order valence-corrected chi connectivity index (χ1v) is 3.92. The van der Waals surface area contributed by atoms with Crippen LogP contribution < -0.4 is 4.74 Å². The van der Waals surface area contributed by atoms with Crippen LogP contribution in [0.2, 0.25) is 0 Å². The molecule has 0 spiro atoms. The molecule has 0 atom stereocenters. The molecular weight excluding hydrogens is 168 g/mol. The van der Waals surface area contributed by atoms with E-state index in [-0.39, 0.29) is 5.76 Å². The maximum Gasteiger partial charge on any atom is 0.382 e. The minimum Gasteiger partial charge on any atom is -0.450 e. The summed E-state index contributed by atoms with van der Waals surface area (Å²) >= 11 is 0. The van der Waals surface area contributed by atoms with Crippen molar-refractivity contribution in [1.82, 2.24) is 0 Å². The highest BCUT2D eigenvalue weighted by molar-refractivity contribution is 5.90. The normalized spacial score (nSPS) is 12.8. The molecule has 0 N–H and O–H groups in total. The second kappa shape index (κ2) is 2.94. The molecule has 0 amide bonds. The molecule has 66 valence electrons. The van der Waals surface area contributed by atoms with Gasteiger partial charge in [-0.3, -0.25) is 0 Å². The summed E-state index contributed by atoms with van der Waals surface area (Å²) in [5, 5.41) is 0. The zero-order valence-electron chi connectivity index (χ0n) is 7.11. The lowest BCUT2D eigenvalue weighted by atomic mass is 10.2. The van der Waals surface area contributed by atoms with Crippen molar-refractivity contribution in [2.45, 2.75) is 6.92 Å². The Morgan fingerprint density at radius 3 is 2.69 bits per heavy atom. The smallest absolute Gasteiger partial charge is 0.382 e. The summed E-state index contributed by atoms with van der Waals surface area (Å²) in [5.41, 5.74) is 0.928. The fourth-order valence-corrected chi connectivity index (χ4v) is 0.947. The van der Waals surface area contributed by atoms with Crippen molar-refractivity contribution in [3.63, 3.8) is 0 Å². The Morgan fingerprint density at radius 1 is 1.38 bits per heavy atom. The van der Waals surface area contributed by atoms with E-state index in [0.29, 0.717) is 5.75 Å². The van der Waals surface area contributed by atoms with Crippen LogP contribution in [0.1, 0.15) is 5.56 Å². The van der Waals surface area contributed by atoms with E-state index in [0.717, 1.165) is 5.56 Å². The summed E-state index contributed by atoms with van der Waals surface area (Å²) < 4.78 is 9.64. The highest BCUT2D eigenvalue weighted by atomic mass is 16.6. The first-order chi connectivity index (χ1) is 6.27. The van der Waals surface area contributed by atoms with Crippen LogP contribution in [-0.4, -0.2) is 5.97 Å². The van der Waals surface area contributed by atoms with Gasteiger partial charge in [0.15, 0.2) is 0 Å². The van der Waals surface area contributed by atoms with Gasteiger partial charge in [-0.2, -0.15) is 0 Å². The third-order valence-corrected chi connectivity index (χ3v) is 1.73. The zero-order chi connectivity index (χ0) is 9.26. The molecule has 13 heavy (non-hydrogen) atoms. The standard InChI is InChI=1S/C10H8O3/c1-7-4-2-3-5-8(7)13-10(11)9-6-12-9/h2-6H,1H3. The number of para-hydroxylation sites is 1. The first-order valence-electron chi connectivity index (χ1n) is 3.92. The number of rotatable bonds is 2. The van der Waals surface area contributed by atoms with Gasteiger partial charge in [0.1, 0.15) is 12.0 Å². The van der Waals surface area contributed by atoms with Gasteiger partial charge in [0.05, 0.1) is 0 Å². The Kier molecular flexibility index (Phi) is 1.77. The van der Waals surface area contributed by atoms with Crippen LogP contribution in [0, 0.1) is 6.92 Å². The highest BCUT2D eigenvalue weighted by Crippen LogP contribution is 2.21. The van der Waals surface area contributed by atoms with Crippen LogP contribution in [0.15, 0.2) is 36.3 Å². The Bertz CT molecular complexity index is 380. The lowest BCUT2D eigenvalue weighted by Gasteiger charge is -2.03. The van der Waals surface area contributed by atoms with Crippen LogP contribution in [-0.2, 0) is 9.53 Å². The molecule has 0 saturated heterocycles. The van der Waals surface area contributed by atoms with E-state index >= 15 is 0 Å². The van der Waals surface area contributed by atoms with Crippen LogP contribution >= 0.6 is 0 Å². The lowest BCUT2D eigenvalue weighted by Crippen LogP contribution is -2.06. The molecule has 0 bridgehead atoms. The minimum atomic E-state index is -0.436.